The van der Waals surface area contributed by atoms with Crippen LogP contribution in [0, 0.1) is 11.8 Å². The van der Waals surface area contributed by atoms with Crippen molar-refractivity contribution in [2.75, 3.05) is 11.9 Å². The molecule has 0 aliphatic heterocycles. The van der Waals surface area contributed by atoms with Gasteiger partial charge in [0.15, 0.2) is 5.82 Å². The van der Waals surface area contributed by atoms with E-state index in [1.54, 1.807) is 25.4 Å². The maximum absolute atomic E-state index is 14.9. The summed E-state index contributed by atoms with van der Waals surface area (Å²) in [6, 6.07) is 8.48. The van der Waals surface area contributed by atoms with Crippen molar-refractivity contribution in [3.63, 3.8) is 0 Å². The average molecular weight is 408 g/mol. The van der Waals surface area contributed by atoms with Gasteiger partial charge in [0, 0.05) is 25.9 Å². The van der Waals surface area contributed by atoms with Crippen molar-refractivity contribution in [2.45, 2.75) is 37.9 Å². The minimum absolute atomic E-state index is 0.0196. The number of hydrogen-bond donors (Lipinski definition) is 1. The Kier molecular flexibility index (Phi) is 4.49. The highest BCUT2D eigenvalue weighted by Gasteiger charge is 2.44. The van der Waals surface area contributed by atoms with Crippen LogP contribution in [0.2, 0.25) is 0 Å². The summed E-state index contributed by atoms with van der Waals surface area (Å²) in [5.74, 6) is 1.39. The molecule has 3 aromatic rings. The number of hydrogen-bond acceptors (Lipinski definition) is 5. The van der Waals surface area contributed by atoms with Gasteiger partial charge in [-0.3, -0.25) is 4.79 Å². The van der Waals surface area contributed by atoms with Gasteiger partial charge >= 0.3 is 0 Å². The molecule has 2 fully saturated rings. The molecule has 2 heterocycles. The van der Waals surface area contributed by atoms with Gasteiger partial charge in [0.25, 0.3) is 5.56 Å². The van der Waals surface area contributed by atoms with Gasteiger partial charge in [0.05, 0.1) is 17.1 Å². The molecular formula is C23H25FN4O2. The third-order valence-electron chi connectivity index (χ3n) is 6.96. The molecule has 4 atom stereocenters. The van der Waals surface area contributed by atoms with Gasteiger partial charge in [0.1, 0.15) is 11.9 Å². The number of aromatic hydroxyl groups is 1. The van der Waals surface area contributed by atoms with Crippen molar-refractivity contribution in [3.8, 4) is 17.0 Å². The third-order valence-corrected chi connectivity index (χ3v) is 6.96. The number of fused-ring (bicyclic) bond motifs is 3. The normalized spacial score (nSPS) is 25.6. The second-order valence-corrected chi connectivity index (χ2v) is 8.76. The van der Waals surface area contributed by atoms with Crippen LogP contribution in [-0.2, 0) is 7.05 Å². The van der Waals surface area contributed by atoms with E-state index in [1.807, 2.05) is 24.1 Å². The van der Waals surface area contributed by atoms with Crippen LogP contribution < -0.4 is 10.5 Å². The van der Waals surface area contributed by atoms with Crippen molar-refractivity contribution in [1.29, 1.82) is 0 Å². The number of phenols is 1. The molecule has 5 rings (SSSR count). The van der Waals surface area contributed by atoms with Gasteiger partial charge in [0.2, 0.25) is 0 Å². The highest BCUT2D eigenvalue weighted by molar-refractivity contribution is 5.89. The maximum Gasteiger partial charge on any atom is 0.258 e. The number of benzene rings is 1. The Labute approximate surface area is 174 Å². The number of pyridine rings is 1. The molecule has 0 amide bonds. The third kappa shape index (κ3) is 3.04. The molecule has 156 valence electrons. The lowest BCUT2D eigenvalue weighted by Crippen LogP contribution is -2.46. The molecule has 2 aliphatic carbocycles. The number of nitrogens with zero attached hydrogens (tertiary/aromatic N) is 4. The Morgan fingerprint density at radius 3 is 2.77 bits per heavy atom. The first-order valence-electron chi connectivity index (χ1n) is 10.5. The first-order chi connectivity index (χ1) is 14.4. The second-order valence-electron chi connectivity index (χ2n) is 8.76. The molecule has 2 bridgehead atoms. The summed E-state index contributed by atoms with van der Waals surface area (Å²) in [6.07, 6.45) is 4.86. The zero-order chi connectivity index (χ0) is 21.0. The Balaban J connectivity index is 1.44. The van der Waals surface area contributed by atoms with Crippen LogP contribution in [0.15, 0.2) is 41.3 Å². The van der Waals surface area contributed by atoms with E-state index in [9.17, 15) is 14.3 Å². The topological polar surface area (TPSA) is 71.2 Å². The van der Waals surface area contributed by atoms with Gasteiger partial charge < -0.3 is 14.6 Å². The van der Waals surface area contributed by atoms with E-state index in [1.165, 1.54) is 10.6 Å². The smallest absolute Gasteiger partial charge is 0.258 e. The summed E-state index contributed by atoms with van der Waals surface area (Å²) in [7, 11) is 3.56. The van der Waals surface area contributed by atoms with Gasteiger partial charge in [-0.25, -0.2) is 4.39 Å². The molecule has 30 heavy (non-hydrogen) atoms. The quantitative estimate of drug-likeness (QED) is 0.716. The van der Waals surface area contributed by atoms with Gasteiger partial charge in [-0.15, -0.1) is 10.2 Å². The summed E-state index contributed by atoms with van der Waals surface area (Å²) in [6.45, 7) is 0. The van der Waals surface area contributed by atoms with Gasteiger partial charge in [-0.1, -0.05) is 0 Å². The Bertz CT molecular complexity index is 1160. The first kappa shape index (κ1) is 19.0. The van der Waals surface area contributed by atoms with E-state index in [0.29, 0.717) is 28.4 Å². The lowest BCUT2D eigenvalue weighted by molar-refractivity contribution is 0.144. The number of halogens is 1. The average Bonchev–Trinajstić information content (AvgIpc) is 3.17. The molecule has 0 radical (unpaired) electrons. The standard InChI is InChI=1S/C23H25FN4O2/c1-27-8-7-14-11-17(20(29)12-16(14)23(27)30)18-5-6-21(26-25-18)28(2)19-10-13-3-4-15(9-13)22(19)24/h5-8,11-13,15,19,22,29H,3-4,9-10H2,1-2H3/t13-,15+,19+,22-/m1/s1. The number of aromatic nitrogens is 3. The Morgan fingerprint density at radius 1 is 1.17 bits per heavy atom. The van der Waals surface area contributed by atoms with Crippen molar-refractivity contribution in [3.05, 3.63) is 46.9 Å². The van der Waals surface area contributed by atoms with Crippen LogP contribution in [0.3, 0.4) is 0 Å². The minimum Gasteiger partial charge on any atom is -0.507 e. The number of aryl methyl sites for hydroxylation is 1. The first-order valence-corrected chi connectivity index (χ1v) is 10.5. The molecule has 6 nitrogen and oxygen atoms in total. The number of alkyl halides is 1. The molecular weight excluding hydrogens is 383 g/mol. The van der Waals surface area contributed by atoms with E-state index in [-0.39, 0.29) is 23.3 Å². The Hall–Kier alpha value is -2.96. The molecule has 2 saturated carbocycles. The molecule has 0 spiro atoms. The number of phenolic OH excluding ortho intramolecular Hbond substituents is 1. The summed E-state index contributed by atoms with van der Waals surface area (Å²) < 4.78 is 16.4. The number of rotatable bonds is 3. The highest BCUT2D eigenvalue weighted by Crippen LogP contribution is 2.45. The molecule has 7 heteroatoms. The predicted octanol–water partition coefficient (Wildman–Crippen LogP) is 3.66. The predicted molar refractivity (Wildman–Crippen MR) is 114 cm³/mol. The van der Waals surface area contributed by atoms with Crippen molar-refractivity contribution < 1.29 is 9.50 Å². The lowest BCUT2D eigenvalue weighted by atomic mass is 9.83. The summed E-state index contributed by atoms with van der Waals surface area (Å²) in [5, 5.41) is 20.3. The fourth-order valence-corrected chi connectivity index (χ4v) is 5.18. The van der Waals surface area contributed by atoms with Crippen LogP contribution >= 0.6 is 0 Å². The molecule has 0 unspecified atom stereocenters. The SMILES string of the molecule is CN(c1ccc(-c2cc3ccn(C)c(=O)c3cc2O)nn1)[C@H]1C[C@@H]2CC[C@@H](C2)[C@H]1F. The van der Waals surface area contributed by atoms with Crippen molar-refractivity contribution in [1.82, 2.24) is 14.8 Å². The van der Waals surface area contributed by atoms with Crippen LogP contribution in [0.25, 0.3) is 22.0 Å². The zero-order valence-corrected chi connectivity index (χ0v) is 17.1. The van der Waals surface area contributed by atoms with Crippen molar-refractivity contribution >= 4 is 16.6 Å². The minimum atomic E-state index is -0.831. The summed E-state index contributed by atoms with van der Waals surface area (Å²) in [5.41, 5.74) is 0.851. The van der Waals surface area contributed by atoms with Crippen LogP contribution in [-0.4, -0.2) is 39.1 Å². The fraction of sp³-hybridized carbons (Fsp3) is 0.435. The monoisotopic (exact) mass is 408 g/mol. The van der Waals surface area contributed by atoms with Crippen LogP contribution in [0.5, 0.6) is 5.75 Å². The van der Waals surface area contributed by atoms with Gasteiger partial charge in [-0.05, 0) is 73.2 Å². The van der Waals surface area contributed by atoms with Crippen molar-refractivity contribution in [2.24, 2.45) is 18.9 Å². The van der Waals surface area contributed by atoms with Crippen LogP contribution in [0.1, 0.15) is 25.7 Å². The van der Waals surface area contributed by atoms with E-state index in [2.05, 4.69) is 10.2 Å². The van der Waals surface area contributed by atoms with Gasteiger partial charge in [-0.2, -0.15) is 0 Å². The molecule has 0 saturated heterocycles. The fourth-order valence-electron chi connectivity index (χ4n) is 5.18. The second kappa shape index (κ2) is 7.07. The Morgan fingerprint density at radius 2 is 2.00 bits per heavy atom. The molecule has 2 aromatic heterocycles. The lowest BCUT2D eigenvalue weighted by Gasteiger charge is -2.38. The maximum atomic E-state index is 14.9. The largest absolute Gasteiger partial charge is 0.507 e. The van der Waals surface area contributed by atoms with E-state index in [4.69, 9.17) is 0 Å². The summed E-state index contributed by atoms with van der Waals surface area (Å²) in [4.78, 5) is 14.2. The van der Waals surface area contributed by atoms with E-state index < -0.39 is 6.17 Å². The molecule has 1 aromatic carbocycles. The highest BCUT2D eigenvalue weighted by atomic mass is 19.1. The van der Waals surface area contributed by atoms with E-state index >= 15 is 0 Å². The molecule has 1 N–H and O–H groups in total. The molecule has 2 aliphatic rings. The number of anilines is 1. The zero-order valence-electron chi connectivity index (χ0n) is 17.1. The summed E-state index contributed by atoms with van der Waals surface area (Å²) >= 11 is 0. The van der Waals surface area contributed by atoms with Crippen LogP contribution in [0.4, 0.5) is 10.2 Å². The van der Waals surface area contributed by atoms with E-state index in [0.717, 1.165) is 31.1 Å².